The molecule has 0 aliphatic carbocycles. The first-order valence-corrected chi connectivity index (χ1v) is 10.2. The van der Waals surface area contributed by atoms with E-state index in [4.69, 9.17) is 11.6 Å². The fourth-order valence-corrected chi connectivity index (χ4v) is 3.99. The van der Waals surface area contributed by atoms with E-state index in [1.54, 1.807) is 18.2 Å². The van der Waals surface area contributed by atoms with Gasteiger partial charge >= 0.3 is 0 Å². The van der Waals surface area contributed by atoms with E-state index in [2.05, 4.69) is 15.5 Å². The molecule has 2 N–H and O–H groups in total. The Kier molecular flexibility index (Phi) is 6.73. The molecule has 7 heteroatoms. The number of rotatable bonds is 5. The minimum atomic E-state index is -0.0578. The number of anilines is 1. The molecular weight excluding hydrogens is 364 g/mol. The summed E-state index contributed by atoms with van der Waals surface area (Å²) < 4.78 is 0. The van der Waals surface area contributed by atoms with Crippen LogP contribution in [-0.4, -0.2) is 66.9 Å². The van der Waals surface area contributed by atoms with Gasteiger partial charge in [0.25, 0.3) is 5.91 Å². The van der Waals surface area contributed by atoms with Crippen LogP contribution in [-0.2, 0) is 4.79 Å². The van der Waals surface area contributed by atoms with Gasteiger partial charge in [0.1, 0.15) is 0 Å². The van der Waals surface area contributed by atoms with Gasteiger partial charge in [-0.3, -0.25) is 14.5 Å². The topological polar surface area (TPSA) is 64.7 Å². The number of hydrogen-bond acceptors (Lipinski definition) is 4. The van der Waals surface area contributed by atoms with E-state index in [9.17, 15) is 9.59 Å². The van der Waals surface area contributed by atoms with E-state index in [1.807, 2.05) is 18.7 Å². The van der Waals surface area contributed by atoms with E-state index < -0.39 is 0 Å². The van der Waals surface area contributed by atoms with Crippen molar-refractivity contribution in [3.8, 4) is 0 Å². The summed E-state index contributed by atoms with van der Waals surface area (Å²) in [5.41, 5.74) is 1.08. The predicted octanol–water partition coefficient (Wildman–Crippen LogP) is 2.44. The molecule has 3 rings (SSSR count). The SMILES string of the molecule is CC(C)CC(=O)Nc1ccc(Cl)c(C(=O)N2CCC(N3CCNCC3)C2)c1. The Bertz CT molecular complexity index is 689. The molecule has 0 saturated carbocycles. The van der Waals surface area contributed by atoms with Crippen molar-refractivity contribution >= 4 is 29.1 Å². The van der Waals surface area contributed by atoms with Crippen LogP contribution < -0.4 is 10.6 Å². The Morgan fingerprint density at radius 2 is 2.00 bits per heavy atom. The normalized spacial score (nSPS) is 20.9. The van der Waals surface area contributed by atoms with Gasteiger partial charge in [0.15, 0.2) is 0 Å². The van der Waals surface area contributed by atoms with Crippen molar-refractivity contribution in [1.82, 2.24) is 15.1 Å². The highest BCUT2D eigenvalue weighted by atomic mass is 35.5. The number of halogens is 1. The molecule has 6 nitrogen and oxygen atoms in total. The van der Waals surface area contributed by atoms with Gasteiger partial charge in [0.05, 0.1) is 10.6 Å². The molecule has 2 fully saturated rings. The highest BCUT2D eigenvalue weighted by Crippen LogP contribution is 2.25. The molecule has 2 aliphatic rings. The second kappa shape index (κ2) is 9.04. The quantitative estimate of drug-likeness (QED) is 0.807. The lowest BCUT2D eigenvalue weighted by molar-refractivity contribution is -0.116. The predicted molar refractivity (Wildman–Crippen MR) is 108 cm³/mol. The largest absolute Gasteiger partial charge is 0.337 e. The van der Waals surface area contributed by atoms with E-state index in [0.717, 1.165) is 45.7 Å². The third kappa shape index (κ3) is 5.21. The van der Waals surface area contributed by atoms with Crippen LogP contribution in [0, 0.1) is 5.92 Å². The Hall–Kier alpha value is -1.63. The lowest BCUT2D eigenvalue weighted by Crippen LogP contribution is -2.49. The number of benzene rings is 1. The molecular formula is C20H29ClN4O2. The maximum absolute atomic E-state index is 13.0. The molecule has 0 radical (unpaired) electrons. The van der Waals surface area contributed by atoms with E-state index in [0.29, 0.717) is 28.7 Å². The fourth-order valence-electron chi connectivity index (χ4n) is 3.79. The van der Waals surface area contributed by atoms with Crippen LogP contribution in [0.3, 0.4) is 0 Å². The van der Waals surface area contributed by atoms with Crippen molar-refractivity contribution < 1.29 is 9.59 Å². The molecule has 148 valence electrons. The van der Waals surface area contributed by atoms with Gasteiger partial charge in [0, 0.05) is 57.4 Å². The molecule has 27 heavy (non-hydrogen) atoms. The minimum absolute atomic E-state index is 0.0503. The van der Waals surface area contributed by atoms with Crippen molar-refractivity contribution in [2.24, 2.45) is 5.92 Å². The number of carbonyl (C=O) groups excluding carboxylic acids is 2. The van der Waals surface area contributed by atoms with Gasteiger partial charge in [-0.15, -0.1) is 0 Å². The molecule has 0 spiro atoms. The number of carbonyl (C=O) groups is 2. The summed E-state index contributed by atoms with van der Waals surface area (Å²) in [5.74, 6) is 0.174. The van der Waals surface area contributed by atoms with Crippen LogP contribution in [0.1, 0.15) is 37.0 Å². The number of likely N-dealkylation sites (tertiary alicyclic amines) is 1. The molecule has 2 amide bonds. The third-order valence-electron chi connectivity index (χ3n) is 5.19. The summed E-state index contributed by atoms with van der Waals surface area (Å²) in [6.07, 6.45) is 1.44. The lowest BCUT2D eigenvalue weighted by Gasteiger charge is -2.32. The maximum atomic E-state index is 13.0. The Morgan fingerprint density at radius 1 is 1.26 bits per heavy atom. The summed E-state index contributed by atoms with van der Waals surface area (Å²) in [5, 5.41) is 6.65. The standard InChI is InChI=1S/C20H29ClN4O2/c1-14(2)11-19(26)23-15-3-4-18(21)17(12-15)20(27)25-8-5-16(13-25)24-9-6-22-7-10-24/h3-4,12,14,16,22H,5-11,13H2,1-2H3,(H,23,26). The average Bonchev–Trinajstić information content (AvgIpc) is 3.13. The van der Waals surface area contributed by atoms with Crippen molar-refractivity contribution in [1.29, 1.82) is 0 Å². The number of nitrogens with zero attached hydrogens (tertiary/aromatic N) is 2. The zero-order chi connectivity index (χ0) is 19.4. The van der Waals surface area contributed by atoms with Crippen molar-refractivity contribution in [3.05, 3.63) is 28.8 Å². The minimum Gasteiger partial charge on any atom is -0.337 e. The smallest absolute Gasteiger partial charge is 0.255 e. The van der Waals surface area contributed by atoms with Crippen LogP contribution in [0.25, 0.3) is 0 Å². The van der Waals surface area contributed by atoms with Crippen LogP contribution >= 0.6 is 11.6 Å². The van der Waals surface area contributed by atoms with Gasteiger partial charge in [-0.25, -0.2) is 0 Å². The first-order chi connectivity index (χ1) is 12.9. The van der Waals surface area contributed by atoms with Gasteiger partial charge < -0.3 is 15.5 Å². The molecule has 2 saturated heterocycles. The summed E-state index contributed by atoms with van der Waals surface area (Å²) in [6, 6.07) is 5.54. The van der Waals surface area contributed by atoms with Gasteiger partial charge in [0.2, 0.25) is 5.91 Å². The van der Waals surface area contributed by atoms with Crippen LogP contribution in [0.4, 0.5) is 5.69 Å². The highest BCUT2D eigenvalue weighted by molar-refractivity contribution is 6.34. The number of nitrogens with one attached hydrogen (secondary N) is 2. The van der Waals surface area contributed by atoms with Crippen LogP contribution in [0.15, 0.2) is 18.2 Å². The molecule has 1 unspecified atom stereocenters. The zero-order valence-corrected chi connectivity index (χ0v) is 16.9. The molecule has 1 aromatic carbocycles. The summed E-state index contributed by atoms with van der Waals surface area (Å²) >= 11 is 6.30. The first-order valence-electron chi connectivity index (χ1n) is 9.77. The first kappa shape index (κ1) is 20.1. The van der Waals surface area contributed by atoms with Crippen molar-refractivity contribution in [2.75, 3.05) is 44.6 Å². The summed E-state index contributed by atoms with van der Waals surface area (Å²) in [6.45, 7) is 9.56. The van der Waals surface area contributed by atoms with Gasteiger partial charge in [-0.1, -0.05) is 25.4 Å². The molecule has 0 aromatic heterocycles. The number of piperazine rings is 1. The van der Waals surface area contributed by atoms with E-state index in [-0.39, 0.29) is 17.7 Å². The average molecular weight is 393 g/mol. The molecule has 2 aliphatic heterocycles. The Labute approximate surface area is 166 Å². The lowest BCUT2D eigenvalue weighted by atomic mass is 10.1. The van der Waals surface area contributed by atoms with E-state index >= 15 is 0 Å². The monoisotopic (exact) mass is 392 g/mol. The van der Waals surface area contributed by atoms with Gasteiger partial charge in [-0.2, -0.15) is 0 Å². The molecule has 1 aromatic rings. The second-order valence-electron chi connectivity index (χ2n) is 7.82. The Morgan fingerprint density at radius 3 is 2.70 bits per heavy atom. The van der Waals surface area contributed by atoms with Crippen LogP contribution in [0.5, 0.6) is 0 Å². The summed E-state index contributed by atoms with van der Waals surface area (Å²) in [7, 11) is 0. The second-order valence-corrected chi connectivity index (χ2v) is 8.23. The van der Waals surface area contributed by atoms with Crippen molar-refractivity contribution in [2.45, 2.75) is 32.7 Å². The Balaban J connectivity index is 1.65. The molecule has 0 bridgehead atoms. The highest BCUT2D eigenvalue weighted by Gasteiger charge is 2.32. The number of hydrogen-bond donors (Lipinski definition) is 2. The van der Waals surface area contributed by atoms with Crippen molar-refractivity contribution in [3.63, 3.8) is 0 Å². The van der Waals surface area contributed by atoms with Gasteiger partial charge in [-0.05, 0) is 30.5 Å². The molecule has 2 heterocycles. The third-order valence-corrected chi connectivity index (χ3v) is 5.52. The maximum Gasteiger partial charge on any atom is 0.255 e. The summed E-state index contributed by atoms with van der Waals surface area (Å²) in [4.78, 5) is 29.4. The number of amides is 2. The fraction of sp³-hybridized carbons (Fsp3) is 0.600. The zero-order valence-electron chi connectivity index (χ0n) is 16.1. The van der Waals surface area contributed by atoms with E-state index in [1.165, 1.54) is 0 Å². The molecule has 1 atom stereocenters. The van der Waals surface area contributed by atoms with Crippen LogP contribution in [0.2, 0.25) is 5.02 Å².